The van der Waals surface area contributed by atoms with Crippen LogP contribution in [-0.2, 0) is 115 Å². The Morgan fingerprint density at radius 1 is 0.470 bits per heavy atom. The number of primary amides is 1. The van der Waals surface area contributed by atoms with Crippen LogP contribution in [0.3, 0.4) is 0 Å². The van der Waals surface area contributed by atoms with E-state index in [1.807, 2.05) is 6.92 Å². The van der Waals surface area contributed by atoms with Crippen LogP contribution >= 0.6 is 11.8 Å². The summed E-state index contributed by atoms with van der Waals surface area (Å²) >= 11 is 0.831. The second-order valence-corrected chi connectivity index (χ2v) is 34.2. The number of phenolic OH excluding ortho intramolecular Hbond substituents is 1. The number of hydrogen-bond donors (Lipinski definition) is 13. The average molecular weight is 1840 g/mol. The van der Waals surface area contributed by atoms with Crippen LogP contribution in [0, 0.1) is 5.92 Å². The number of benzene rings is 6. The molecule has 0 bridgehead atoms. The number of aliphatic carboxylic acids is 1. The van der Waals surface area contributed by atoms with Crippen LogP contribution in [0.4, 0.5) is 0 Å². The number of para-hydroxylation sites is 1. The molecule has 0 spiro atoms. The molecule has 14 N–H and O–H groups in total. The first kappa shape index (κ1) is 104. The summed E-state index contributed by atoms with van der Waals surface area (Å²) in [5.74, 6) is -15.9. The molecule has 15 amide bonds. The summed E-state index contributed by atoms with van der Waals surface area (Å²) in [4.78, 5) is 244. The number of hydrogen-bond acceptors (Lipinski definition) is 20. The van der Waals surface area contributed by atoms with E-state index in [0.29, 0.717) is 62.9 Å². The lowest BCUT2D eigenvalue weighted by molar-refractivity contribution is -0.151. The number of phenols is 1. The van der Waals surface area contributed by atoms with Crippen molar-refractivity contribution in [3.05, 3.63) is 197 Å². The standard InChI is InChI=1S/C95H122N16O20S/c1-12-14-35-75-94(128)108(6)54-82(115)100-71(50-84(117)118)89(123)102-67(26-13-2)92(126)110(8)76(46-59-29-20-16-21-30-59)90(124)105-72(45-62-38-41-78(130-10)79(48-62)131-11)91(125)107(5)53-81(114)99-70(49-63-51-97-66-34-25-24-33-65(63)66)88(122)104-69(43-61-36-39-64(112)40-37-61)87(121)103-68(42-57(3)4)86(120)106-74(85(119)98-52-80(96)113)55-132-56-83(116)101-73(44-58-27-18-15-19-28-58)93(127)111(9)77(95(129)109(75)7)47-60-31-22-17-23-32-60/h15-25,27-34,36-41,48,51,57,67-77,97,112H,12-14,26,35,42-47,49-50,52-56H2,1-11H3,(H2,96,113)(H,98,119)(H,99,114)(H,100,115)(H,101,116)(H,102,123)(H,103,121)(H,104,122)(H,105,124)(H,106,120)(H,117,118)/t67-,68-,69-,70-,71-,72-,73-,74-,75-,76-,77-/m0/s1. The molecule has 1 aliphatic heterocycles. The number of nitrogens with two attached hydrogens (primary N) is 1. The molecule has 1 aliphatic rings. The number of aromatic nitrogens is 1. The van der Waals surface area contributed by atoms with E-state index >= 15 is 43.2 Å². The molecule has 1 fully saturated rings. The molecule has 0 aliphatic carbocycles. The molecule has 708 valence electrons. The fourth-order valence-corrected chi connectivity index (χ4v) is 16.3. The number of unbranched alkanes of at least 4 members (excludes halogenated alkanes) is 1. The number of carbonyl (C=O) groups excluding carboxylic acids is 15. The third-order valence-corrected chi connectivity index (χ3v) is 23.6. The van der Waals surface area contributed by atoms with Crippen molar-refractivity contribution >= 4 is 117 Å². The summed E-state index contributed by atoms with van der Waals surface area (Å²) in [5.41, 5.74) is 9.14. The Labute approximate surface area is 771 Å². The predicted octanol–water partition coefficient (Wildman–Crippen LogP) is 2.78. The average Bonchev–Trinajstić information content (AvgIpc) is 1.62. The van der Waals surface area contributed by atoms with Crippen molar-refractivity contribution in [2.75, 3.05) is 80.6 Å². The quantitative estimate of drug-likeness (QED) is 0.0371. The van der Waals surface area contributed by atoms with Gasteiger partial charge in [-0.1, -0.05) is 174 Å². The summed E-state index contributed by atoms with van der Waals surface area (Å²) in [5, 5.41) is 45.4. The largest absolute Gasteiger partial charge is 0.508 e. The van der Waals surface area contributed by atoms with Crippen LogP contribution in [0.5, 0.6) is 17.2 Å². The number of rotatable bonds is 26. The van der Waals surface area contributed by atoms with E-state index in [4.69, 9.17) is 15.2 Å². The zero-order valence-electron chi connectivity index (χ0n) is 76.2. The monoisotopic (exact) mass is 1840 g/mol. The Morgan fingerprint density at radius 3 is 1.52 bits per heavy atom. The van der Waals surface area contributed by atoms with Gasteiger partial charge in [-0.2, -0.15) is 0 Å². The second kappa shape index (κ2) is 50.9. The molecular weight excluding hydrogens is 1720 g/mol. The Kier molecular flexibility index (Phi) is 39.9. The lowest BCUT2D eigenvalue weighted by atomic mass is 9.99. The fourth-order valence-electron chi connectivity index (χ4n) is 15.4. The highest BCUT2D eigenvalue weighted by Gasteiger charge is 2.42. The van der Waals surface area contributed by atoms with Gasteiger partial charge in [-0.05, 0) is 88.9 Å². The molecule has 11 atom stereocenters. The summed E-state index contributed by atoms with van der Waals surface area (Å²) in [7, 11) is 9.38. The summed E-state index contributed by atoms with van der Waals surface area (Å²) in [6.45, 7) is 4.76. The first-order valence-corrected chi connectivity index (χ1v) is 44.9. The summed E-state index contributed by atoms with van der Waals surface area (Å²) < 4.78 is 11.1. The highest BCUT2D eigenvalue weighted by molar-refractivity contribution is 8.00. The number of thioether (sulfide) groups is 1. The lowest BCUT2D eigenvalue weighted by Gasteiger charge is -2.37. The predicted molar refractivity (Wildman–Crippen MR) is 494 cm³/mol. The maximum absolute atomic E-state index is 15.6. The minimum atomic E-state index is -1.90. The normalized spacial score (nSPS) is 21.6. The maximum atomic E-state index is 15.6. The van der Waals surface area contributed by atoms with Crippen molar-refractivity contribution < 1.29 is 96.4 Å². The molecule has 1 saturated heterocycles. The number of aromatic hydroxyl groups is 1. The van der Waals surface area contributed by atoms with E-state index < -0.39 is 193 Å². The van der Waals surface area contributed by atoms with Crippen molar-refractivity contribution in [3.63, 3.8) is 0 Å². The van der Waals surface area contributed by atoms with Crippen molar-refractivity contribution in [3.8, 4) is 17.2 Å². The van der Waals surface area contributed by atoms with Crippen molar-refractivity contribution in [2.24, 2.45) is 11.7 Å². The Balaban J connectivity index is 1.22. The zero-order chi connectivity index (χ0) is 96.4. The Morgan fingerprint density at radius 2 is 0.939 bits per heavy atom. The van der Waals surface area contributed by atoms with Gasteiger partial charge in [0.2, 0.25) is 88.6 Å². The molecule has 0 radical (unpaired) electrons. The minimum Gasteiger partial charge on any atom is -0.508 e. The molecular formula is C95H122N16O20S. The number of ether oxygens (including phenoxy) is 2. The molecule has 7 aromatic rings. The third-order valence-electron chi connectivity index (χ3n) is 22.5. The highest BCUT2D eigenvalue weighted by Crippen LogP contribution is 2.30. The fraction of sp³-hybridized carbons (Fsp3) is 0.432. The van der Waals surface area contributed by atoms with Gasteiger partial charge in [0.05, 0.1) is 46.0 Å². The number of nitrogens with one attached hydrogen (secondary N) is 10. The molecule has 0 unspecified atom stereocenters. The number of likely N-dealkylation sites (N-methyl/N-ethyl adjacent to an activating group) is 5. The Bertz CT molecular complexity index is 5160. The van der Waals surface area contributed by atoms with Crippen molar-refractivity contribution in [1.82, 2.24) is 77.3 Å². The van der Waals surface area contributed by atoms with E-state index in [-0.39, 0.29) is 87.4 Å². The summed E-state index contributed by atoms with van der Waals surface area (Å²) in [6, 6.07) is 26.5. The number of methoxy groups -OCH3 is 2. The van der Waals surface area contributed by atoms with Crippen LogP contribution < -0.4 is 63.1 Å². The van der Waals surface area contributed by atoms with Crippen LogP contribution in [0.15, 0.2) is 164 Å². The number of amides is 15. The molecule has 1 aromatic heterocycles. The van der Waals surface area contributed by atoms with Gasteiger partial charge in [-0.25, -0.2) is 0 Å². The number of H-pyrrole nitrogens is 1. The Hall–Kier alpha value is -13.9. The number of aromatic amines is 1. The topological polar surface area (TPSA) is 498 Å². The molecule has 37 heteroatoms. The van der Waals surface area contributed by atoms with Gasteiger partial charge in [0.1, 0.15) is 72.2 Å². The highest BCUT2D eigenvalue weighted by atomic mass is 32.2. The molecule has 36 nitrogen and oxygen atoms in total. The maximum Gasteiger partial charge on any atom is 0.305 e. The minimum absolute atomic E-state index is 0.0316. The van der Waals surface area contributed by atoms with Crippen LogP contribution in [0.25, 0.3) is 10.9 Å². The van der Waals surface area contributed by atoms with Crippen molar-refractivity contribution in [2.45, 2.75) is 178 Å². The zero-order valence-corrected chi connectivity index (χ0v) is 77.0. The lowest BCUT2D eigenvalue weighted by Crippen LogP contribution is -2.60. The van der Waals surface area contributed by atoms with Gasteiger partial charge in [0.15, 0.2) is 11.5 Å². The van der Waals surface area contributed by atoms with Gasteiger partial charge in [0, 0.05) is 96.6 Å². The first-order valence-electron chi connectivity index (χ1n) is 43.7. The molecule has 2 heterocycles. The SMILES string of the molecule is CCCC[C@H]1C(=O)N(C)CC(=O)N[C@@H](CC(=O)O)C(=O)N[C@@H](CCC)C(=O)N(C)[C@@H](Cc2ccccc2)C(=O)N[C@@H](Cc2ccc(OC)c(OC)c2)C(=O)N(C)CC(=O)N[C@@H](Cc2c[nH]c3ccccc23)C(=O)N[C@@H](Cc2ccc(O)cc2)C(=O)N[C@@H](CC(C)C)C(=O)N[C@H](C(=O)NCC(N)=O)CSCC(=O)N[C@@H](Cc2ccccc2)C(=O)N(C)[C@@H](Cc2ccccc2)C(=O)N1C. The van der Waals surface area contributed by atoms with Crippen LogP contribution in [0.2, 0.25) is 0 Å². The molecule has 0 saturated carbocycles. The van der Waals surface area contributed by atoms with Gasteiger partial charge < -0.3 is 103 Å². The van der Waals surface area contributed by atoms with Gasteiger partial charge >= 0.3 is 5.97 Å². The van der Waals surface area contributed by atoms with E-state index in [0.717, 1.165) is 26.5 Å². The van der Waals surface area contributed by atoms with Crippen LogP contribution in [0.1, 0.15) is 106 Å². The van der Waals surface area contributed by atoms with Gasteiger partial charge in [0.25, 0.3) is 0 Å². The molecule has 8 rings (SSSR count). The third kappa shape index (κ3) is 30.9. The van der Waals surface area contributed by atoms with E-state index in [1.54, 1.807) is 160 Å². The van der Waals surface area contributed by atoms with Gasteiger partial charge in [-0.3, -0.25) is 76.7 Å². The van der Waals surface area contributed by atoms with E-state index in [2.05, 4.69) is 52.8 Å². The smallest absolute Gasteiger partial charge is 0.305 e. The van der Waals surface area contributed by atoms with Gasteiger partial charge in [-0.15, -0.1) is 11.8 Å². The second-order valence-electron chi connectivity index (χ2n) is 33.2. The number of nitrogens with zero attached hydrogens (tertiary/aromatic N) is 5. The number of fused-ring (bicyclic) bond motifs is 1. The number of carbonyl (C=O) groups is 16. The molecule has 132 heavy (non-hydrogen) atoms. The molecule has 6 aromatic carbocycles. The number of carboxylic acid groups (broad SMARTS) is 1. The van der Waals surface area contributed by atoms with Crippen LogP contribution in [-0.4, -0.2) is 281 Å². The van der Waals surface area contributed by atoms with Crippen molar-refractivity contribution in [1.29, 1.82) is 0 Å². The summed E-state index contributed by atoms with van der Waals surface area (Å²) in [6.07, 6.45) is 0.217. The first-order chi connectivity index (χ1) is 63.0. The van der Waals surface area contributed by atoms with E-state index in [9.17, 15) is 43.8 Å². The van der Waals surface area contributed by atoms with E-state index in [1.165, 1.54) is 83.5 Å². The number of carboxylic acids is 1.